The van der Waals surface area contributed by atoms with Gasteiger partial charge in [-0.25, -0.2) is 0 Å². The van der Waals surface area contributed by atoms with Gasteiger partial charge in [-0.1, -0.05) is 23.7 Å². The van der Waals surface area contributed by atoms with Crippen molar-refractivity contribution >= 4 is 23.5 Å². The zero-order valence-electron chi connectivity index (χ0n) is 10.9. The molecule has 6 heteroatoms. The average Bonchev–Trinajstić information content (AvgIpc) is 2.46. The minimum atomic E-state index is -0.852. The first-order valence-corrected chi connectivity index (χ1v) is 6.83. The monoisotopic (exact) mass is 297 g/mol. The van der Waals surface area contributed by atoms with Crippen LogP contribution in [0.4, 0.5) is 0 Å². The highest BCUT2D eigenvalue weighted by Gasteiger charge is 2.28. The lowest BCUT2D eigenvalue weighted by molar-refractivity contribution is -0.146. The molecule has 5 nitrogen and oxygen atoms in total. The van der Waals surface area contributed by atoms with Crippen molar-refractivity contribution in [1.82, 2.24) is 4.90 Å². The molecule has 2 rings (SSSR count). The quantitative estimate of drug-likeness (QED) is 0.923. The van der Waals surface area contributed by atoms with E-state index in [1.165, 1.54) is 0 Å². The molecule has 1 aromatic rings. The van der Waals surface area contributed by atoms with Crippen LogP contribution in [-0.2, 0) is 9.59 Å². The Balaban J connectivity index is 1.89. The van der Waals surface area contributed by atoms with E-state index in [-0.39, 0.29) is 19.1 Å². The fraction of sp³-hybridized carbons (Fsp3) is 0.429. The number of carbonyl (C=O) groups excluding carboxylic acids is 1. The maximum Gasteiger partial charge on any atom is 0.308 e. The Morgan fingerprint density at radius 1 is 1.40 bits per heavy atom. The molecule has 1 heterocycles. The van der Waals surface area contributed by atoms with E-state index >= 15 is 0 Å². The van der Waals surface area contributed by atoms with Gasteiger partial charge >= 0.3 is 5.97 Å². The maximum atomic E-state index is 12.0. The van der Waals surface area contributed by atoms with Crippen LogP contribution in [-0.4, -0.2) is 41.6 Å². The number of benzene rings is 1. The van der Waals surface area contributed by atoms with Crippen LogP contribution in [0.1, 0.15) is 12.8 Å². The molecule has 1 fully saturated rings. The minimum absolute atomic E-state index is 0.129. The molecule has 20 heavy (non-hydrogen) atoms. The molecular formula is C14H16ClNO4. The van der Waals surface area contributed by atoms with Crippen molar-refractivity contribution in [3.05, 3.63) is 29.3 Å². The standard InChI is InChI=1S/C14H16ClNO4/c15-11-5-1-2-6-12(11)20-9-13(17)16-7-3-4-10(8-16)14(18)19/h1-2,5-6,10H,3-4,7-9H2,(H,18,19). The number of halogens is 1. The fourth-order valence-electron chi connectivity index (χ4n) is 2.20. The molecule has 1 aliphatic heterocycles. The number of para-hydroxylation sites is 1. The van der Waals surface area contributed by atoms with Crippen molar-refractivity contribution in [3.8, 4) is 5.75 Å². The lowest BCUT2D eigenvalue weighted by Crippen LogP contribution is -2.44. The zero-order valence-corrected chi connectivity index (χ0v) is 11.7. The Hall–Kier alpha value is -1.75. The predicted octanol–water partition coefficient (Wildman–Crippen LogP) is 2.04. The highest BCUT2D eigenvalue weighted by molar-refractivity contribution is 6.32. The summed E-state index contributed by atoms with van der Waals surface area (Å²) in [5, 5.41) is 9.44. The van der Waals surface area contributed by atoms with Gasteiger partial charge in [-0.15, -0.1) is 0 Å². The minimum Gasteiger partial charge on any atom is -0.482 e. The number of carbonyl (C=O) groups is 2. The van der Waals surface area contributed by atoms with Crippen LogP contribution in [0.2, 0.25) is 5.02 Å². The smallest absolute Gasteiger partial charge is 0.308 e. The number of amides is 1. The number of aliphatic carboxylic acids is 1. The number of carboxylic acids is 1. The fourth-order valence-corrected chi connectivity index (χ4v) is 2.39. The first kappa shape index (κ1) is 14.7. The molecule has 1 amide bonds. The van der Waals surface area contributed by atoms with Gasteiger partial charge in [-0.05, 0) is 25.0 Å². The Bertz CT molecular complexity index is 506. The third-order valence-electron chi connectivity index (χ3n) is 3.31. The van der Waals surface area contributed by atoms with Gasteiger partial charge in [0, 0.05) is 13.1 Å². The number of ether oxygens (including phenoxy) is 1. The van der Waals surface area contributed by atoms with Gasteiger partial charge in [0.2, 0.25) is 0 Å². The summed E-state index contributed by atoms with van der Waals surface area (Å²) >= 11 is 5.93. The number of nitrogens with zero attached hydrogens (tertiary/aromatic N) is 1. The SMILES string of the molecule is O=C(O)C1CCCN(C(=O)COc2ccccc2Cl)C1. The number of rotatable bonds is 4. The van der Waals surface area contributed by atoms with Crippen LogP contribution in [0, 0.1) is 5.92 Å². The molecule has 0 spiro atoms. The molecule has 108 valence electrons. The van der Waals surface area contributed by atoms with E-state index in [1.54, 1.807) is 29.2 Å². The van der Waals surface area contributed by atoms with Crippen molar-refractivity contribution in [1.29, 1.82) is 0 Å². The van der Waals surface area contributed by atoms with Gasteiger partial charge in [0.15, 0.2) is 6.61 Å². The van der Waals surface area contributed by atoms with E-state index in [0.717, 1.165) is 0 Å². The predicted molar refractivity (Wildman–Crippen MR) is 73.9 cm³/mol. The summed E-state index contributed by atoms with van der Waals surface area (Å²) in [5.74, 6) is -1.09. The second-order valence-corrected chi connectivity index (χ2v) is 5.14. The van der Waals surface area contributed by atoms with Crippen LogP contribution in [0.3, 0.4) is 0 Å². The molecule has 0 saturated carbocycles. The molecular weight excluding hydrogens is 282 g/mol. The van der Waals surface area contributed by atoms with Gasteiger partial charge in [-0.3, -0.25) is 9.59 Å². The van der Waals surface area contributed by atoms with Crippen LogP contribution >= 0.6 is 11.6 Å². The summed E-state index contributed by atoms with van der Waals surface area (Å²) in [6, 6.07) is 6.92. The highest BCUT2D eigenvalue weighted by atomic mass is 35.5. The molecule has 1 saturated heterocycles. The number of hydrogen-bond acceptors (Lipinski definition) is 3. The molecule has 0 radical (unpaired) electrons. The van der Waals surface area contributed by atoms with Gasteiger partial charge < -0.3 is 14.7 Å². The number of carboxylic acid groups (broad SMARTS) is 1. The molecule has 1 aliphatic rings. The second-order valence-electron chi connectivity index (χ2n) is 4.74. The van der Waals surface area contributed by atoms with Crippen molar-refractivity contribution < 1.29 is 19.4 Å². The third-order valence-corrected chi connectivity index (χ3v) is 3.62. The van der Waals surface area contributed by atoms with Crippen molar-refractivity contribution in [2.24, 2.45) is 5.92 Å². The van der Waals surface area contributed by atoms with E-state index < -0.39 is 11.9 Å². The van der Waals surface area contributed by atoms with Crippen LogP contribution < -0.4 is 4.74 Å². The highest BCUT2D eigenvalue weighted by Crippen LogP contribution is 2.23. The number of hydrogen-bond donors (Lipinski definition) is 1. The second kappa shape index (κ2) is 6.61. The largest absolute Gasteiger partial charge is 0.482 e. The first-order chi connectivity index (χ1) is 9.58. The van der Waals surface area contributed by atoms with Crippen molar-refractivity contribution in [2.75, 3.05) is 19.7 Å². The topological polar surface area (TPSA) is 66.8 Å². The molecule has 1 unspecified atom stereocenters. The van der Waals surface area contributed by atoms with E-state index in [2.05, 4.69) is 0 Å². The summed E-state index contributed by atoms with van der Waals surface area (Å²) < 4.78 is 5.38. The maximum absolute atomic E-state index is 12.0. The Kier molecular flexibility index (Phi) is 4.84. The van der Waals surface area contributed by atoms with Gasteiger partial charge in [-0.2, -0.15) is 0 Å². The zero-order chi connectivity index (χ0) is 14.5. The summed E-state index contributed by atoms with van der Waals surface area (Å²) in [7, 11) is 0. The molecule has 1 aromatic carbocycles. The number of likely N-dealkylation sites (tertiary alicyclic amines) is 1. The summed E-state index contributed by atoms with van der Waals surface area (Å²) in [5.41, 5.74) is 0. The molecule has 1 atom stereocenters. The first-order valence-electron chi connectivity index (χ1n) is 6.46. The van der Waals surface area contributed by atoms with Gasteiger partial charge in [0.05, 0.1) is 10.9 Å². The molecule has 0 bridgehead atoms. The van der Waals surface area contributed by atoms with E-state index in [4.69, 9.17) is 21.4 Å². The third kappa shape index (κ3) is 3.63. The van der Waals surface area contributed by atoms with Crippen LogP contribution in [0.5, 0.6) is 5.75 Å². The van der Waals surface area contributed by atoms with Crippen LogP contribution in [0.15, 0.2) is 24.3 Å². The lowest BCUT2D eigenvalue weighted by Gasteiger charge is -2.30. The number of piperidine rings is 1. The lowest BCUT2D eigenvalue weighted by atomic mass is 9.98. The van der Waals surface area contributed by atoms with Crippen molar-refractivity contribution in [2.45, 2.75) is 12.8 Å². The van der Waals surface area contributed by atoms with Gasteiger partial charge in [0.1, 0.15) is 5.75 Å². The Morgan fingerprint density at radius 3 is 2.85 bits per heavy atom. The average molecular weight is 298 g/mol. The van der Waals surface area contributed by atoms with E-state index in [0.29, 0.717) is 30.2 Å². The summed E-state index contributed by atoms with van der Waals surface area (Å²) in [4.78, 5) is 24.5. The molecule has 0 aromatic heterocycles. The molecule has 1 N–H and O–H groups in total. The summed E-state index contributed by atoms with van der Waals surface area (Å²) in [6.07, 6.45) is 1.32. The Labute approximate surface area is 122 Å². The Morgan fingerprint density at radius 2 is 2.15 bits per heavy atom. The van der Waals surface area contributed by atoms with Crippen LogP contribution in [0.25, 0.3) is 0 Å². The van der Waals surface area contributed by atoms with E-state index in [1.807, 2.05) is 0 Å². The molecule has 0 aliphatic carbocycles. The normalized spacial score (nSPS) is 18.6. The van der Waals surface area contributed by atoms with Gasteiger partial charge in [0.25, 0.3) is 5.91 Å². The van der Waals surface area contributed by atoms with Crippen molar-refractivity contribution in [3.63, 3.8) is 0 Å². The summed E-state index contributed by atoms with van der Waals surface area (Å²) in [6.45, 7) is 0.699. The van der Waals surface area contributed by atoms with E-state index in [9.17, 15) is 9.59 Å².